The number of nitrogens with zero attached hydrogens (tertiary/aromatic N) is 5. The lowest BCUT2D eigenvalue weighted by Crippen LogP contribution is -2.41. The van der Waals surface area contributed by atoms with Gasteiger partial charge in [0.05, 0.1) is 6.20 Å². The highest BCUT2D eigenvalue weighted by Crippen LogP contribution is 2.29. The molecule has 3 atom stereocenters. The highest BCUT2D eigenvalue weighted by atomic mass is 16.3. The summed E-state index contributed by atoms with van der Waals surface area (Å²) in [5, 5.41) is 30.6. The number of aliphatic hydroxyl groups excluding tert-OH is 2. The van der Waals surface area contributed by atoms with Gasteiger partial charge in [-0.25, -0.2) is 0 Å². The monoisotopic (exact) mass is 508 g/mol. The van der Waals surface area contributed by atoms with Crippen LogP contribution < -0.4 is 21.3 Å². The third kappa shape index (κ3) is 6.14. The molecule has 3 aromatic rings. The maximum Gasteiger partial charge on any atom is 0.233 e. The molecule has 2 aromatic heterocycles. The van der Waals surface area contributed by atoms with Crippen LogP contribution in [0.1, 0.15) is 56.9 Å². The topological polar surface area (TPSA) is 137 Å². The van der Waals surface area contributed by atoms with E-state index in [0.717, 1.165) is 81.4 Å². The molecule has 2 saturated heterocycles. The van der Waals surface area contributed by atoms with Gasteiger partial charge in [0.1, 0.15) is 0 Å². The first-order valence-corrected chi connectivity index (χ1v) is 13.7. The lowest BCUT2D eigenvalue weighted by Gasteiger charge is -2.35. The van der Waals surface area contributed by atoms with Crippen molar-refractivity contribution in [1.29, 1.82) is 0 Å². The van der Waals surface area contributed by atoms with Crippen molar-refractivity contribution < 1.29 is 10.2 Å². The van der Waals surface area contributed by atoms with Gasteiger partial charge in [0.15, 0.2) is 5.65 Å². The fraction of sp³-hybridized carbons (Fsp3) is 0.593. The van der Waals surface area contributed by atoms with Crippen LogP contribution in [0, 0.1) is 5.92 Å². The third-order valence-corrected chi connectivity index (χ3v) is 7.82. The number of aromatic nitrogens is 4. The molecule has 10 heteroatoms. The van der Waals surface area contributed by atoms with E-state index in [1.807, 2.05) is 30.5 Å². The number of aryl methyl sites for hydroxylation is 1. The standard InChI is InChI=1S/C27H40N8O2/c28-21-4-3-5-23(17-21)31-27-33-26(34-13-2-1-6-24(34)11-15-37)32-25-20(18-30-35(25)27)8-7-19-9-12-29-22(16-19)10-14-36/h3-5,17-19,22,24,29,36-37H,1-2,6-16,28H2,(H,31,32,33)/t19?,22-,24+/m1/s1. The van der Waals surface area contributed by atoms with E-state index in [9.17, 15) is 10.2 Å². The molecule has 1 unspecified atom stereocenters. The molecule has 0 spiro atoms. The number of anilines is 4. The average molecular weight is 509 g/mol. The van der Waals surface area contributed by atoms with Crippen LogP contribution in [0.15, 0.2) is 30.5 Å². The lowest BCUT2D eigenvalue weighted by molar-refractivity contribution is 0.221. The van der Waals surface area contributed by atoms with Crippen LogP contribution in [0.3, 0.4) is 0 Å². The van der Waals surface area contributed by atoms with Crippen molar-refractivity contribution in [2.24, 2.45) is 5.92 Å². The van der Waals surface area contributed by atoms with Gasteiger partial charge >= 0.3 is 0 Å². The molecule has 5 rings (SSSR count). The van der Waals surface area contributed by atoms with Crippen LogP contribution in [0.5, 0.6) is 0 Å². The first-order chi connectivity index (χ1) is 18.1. The first-order valence-electron chi connectivity index (χ1n) is 13.7. The Morgan fingerprint density at radius 1 is 1.08 bits per heavy atom. The highest BCUT2D eigenvalue weighted by molar-refractivity contribution is 5.63. The zero-order chi connectivity index (χ0) is 25.6. The van der Waals surface area contributed by atoms with Crippen molar-refractivity contribution in [2.75, 3.05) is 42.3 Å². The molecule has 0 amide bonds. The van der Waals surface area contributed by atoms with Crippen molar-refractivity contribution in [3.05, 3.63) is 36.0 Å². The molecular weight excluding hydrogens is 468 g/mol. The Hall–Kier alpha value is -2.95. The average Bonchev–Trinajstić information content (AvgIpc) is 3.32. The van der Waals surface area contributed by atoms with E-state index < -0.39 is 0 Å². The number of nitrogen functional groups attached to an aromatic ring is 1. The van der Waals surface area contributed by atoms with Gasteiger partial charge in [-0.05, 0) is 88.4 Å². The third-order valence-electron chi connectivity index (χ3n) is 7.82. The van der Waals surface area contributed by atoms with Gasteiger partial charge in [-0.3, -0.25) is 0 Å². The van der Waals surface area contributed by atoms with Crippen LogP contribution in [-0.2, 0) is 6.42 Å². The summed E-state index contributed by atoms with van der Waals surface area (Å²) in [7, 11) is 0. The summed E-state index contributed by atoms with van der Waals surface area (Å²) in [5.74, 6) is 1.91. The predicted octanol–water partition coefficient (Wildman–Crippen LogP) is 2.87. The first kappa shape index (κ1) is 25.7. The minimum atomic E-state index is 0.156. The molecule has 10 nitrogen and oxygen atoms in total. The number of nitrogens with two attached hydrogens (primary N) is 1. The summed E-state index contributed by atoms with van der Waals surface area (Å²) < 4.78 is 1.80. The summed E-state index contributed by atoms with van der Waals surface area (Å²) in [6.07, 6.45) is 10.9. The molecule has 2 aliphatic rings. The Bertz CT molecular complexity index is 1160. The summed E-state index contributed by atoms with van der Waals surface area (Å²) in [5.41, 5.74) is 9.49. The number of rotatable bonds is 10. The van der Waals surface area contributed by atoms with E-state index in [1.54, 1.807) is 4.52 Å². The predicted molar refractivity (Wildman–Crippen MR) is 146 cm³/mol. The zero-order valence-corrected chi connectivity index (χ0v) is 21.5. The second-order valence-electron chi connectivity index (χ2n) is 10.5. The minimum Gasteiger partial charge on any atom is -0.399 e. The summed E-state index contributed by atoms with van der Waals surface area (Å²) in [6, 6.07) is 8.24. The maximum atomic E-state index is 9.66. The molecule has 0 radical (unpaired) electrons. The summed E-state index contributed by atoms with van der Waals surface area (Å²) >= 11 is 0. The Kier molecular flexibility index (Phi) is 8.38. The molecule has 1 aromatic carbocycles. The van der Waals surface area contributed by atoms with E-state index in [2.05, 4.69) is 20.6 Å². The number of hydrogen-bond donors (Lipinski definition) is 5. The van der Waals surface area contributed by atoms with E-state index in [1.165, 1.54) is 0 Å². The summed E-state index contributed by atoms with van der Waals surface area (Å²) in [6.45, 7) is 2.27. The van der Waals surface area contributed by atoms with E-state index in [4.69, 9.17) is 15.7 Å². The fourth-order valence-electron chi connectivity index (χ4n) is 5.85. The SMILES string of the molecule is Nc1cccc(Nc2nc(N3CCCC[C@H]3CCO)nc3c(CCC4CCN[C@H](CCO)C4)cnn23)c1. The number of fused-ring (bicyclic) bond motifs is 1. The van der Waals surface area contributed by atoms with Gasteiger partial charge in [0, 0.05) is 48.8 Å². The Morgan fingerprint density at radius 3 is 2.81 bits per heavy atom. The zero-order valence-electron chi connectivity index (χ0n) is 21.5. The van der Waals surface area contributed by atoms with Gasteiger partial charge in [-0.1, -0.05) is 6.07 Å². The number of nitrogens with one attached hydrogen (secondary N) is 2. The van der Waals surface area contributed by atoms with Crippen LogP contribution in [0.2, 0.25) is 0 Å². The molecule has 37 heavy (non-hydrogen) atoms. The molecule has 0 aliphatic carbocycles. The van der Waals surface area contributed by atoms with Gasteiger partial charge < -0.3 is 31.5 Å². The van der Waals surface area contributed by atoms with Crippen molar-refractivity contribution >= 4 is 28.9 Å². The Morgan fingerprint density at radius 2 is 1.97 bits per heavy atom. The molecule has 2 fully saturated rings. The van der Waals surface area contributed by atoms with E-state index in [0.29, 0.717) is 36.0 Å². The van der Waals surface area contributed by atoms with Gasteiger partial charge in [0.2, 0.25) is 11.9 Å². The number of benzene rings is 1. The molecular formula is C27H40N8O2. The minimum absolute atomic E-state index is 0.156. The normalized spacial score (nSPS) is 22.4. The molecule has 200 valence electrons. The summed E-state index contributed by atoms with van der Waals surface area (Å²) in [4.78, 5) is 12.2. The fourth-order valence-corrected chi connectivity index (χ4v) is 5.85. The van der Waals surface area contributed by atoms with Gasteiger partial charge in [0.25, 0.3) is 0 Å². The lowest BCUT2D eigenvalue weighted by atomic mass is 9.87. The van der Waals surface area contributed by atoms with E-state index in [-0.39, 0.29) is 19.3 Å². The number of aliphatic hydroxyl groups is 2. The Balaban J connectivity index is 1.44. The largest absolute Gasteiger partial charge is 0.399 e. The molecule has 6 N–H and O–H groups in total. The van der Waals surface area contributed by atoms with Crippen LogP contribution >= 0.6 is 0 Å². The molecule has 0 saturated carbocycles. The molecule has 0 bridgehead atoms. The molecule has 2 aliphatic heterocycles. The van der Waals surface area contributed by atoms with Crippen molar-refractivity contribution in [3.8, 4) is 0 Å². The van der Waals surface area contributed by atoms with Crippen LogP contribution in [0.25, 0.3) is 5.65 Å². The van der Waals surface area contributed by atoms with E-state index >= 15 is 0 Å². The second-order valence-corrected chi connectivity index (χ2v) is 10.5. The molecule has 4 heterocycles. The van der Waals surface area contributed by atoms with Crippen molar-refractivity contribution in [1.82, 2.24) is 24.9 Å². The van der Waals surface area contributed by atoms with Crippen molar-refractivity contribution in [3.63, 3.8) is 0 Å². The van der Waals surface area contributed by atoms with Crippen LogP contribution in [-0.4, -0.2) is 68.2 Å². The van der Waals surface area contributed by atoms with Gasteiger partial charge in [-0.15, -0.1) is 0 Å². The highest BCUT2D eigenvalue weighted by Gasteiger charge is 2.27. The smallest absolute Gasteiger partial charge is 0.233 e. The van der Waals surface area contributed by atoms with Crippen LogP contribution in [0.4, 0.5) is 23.3 Å². The Labute approximate surface area is 218 Å². The maximum absolute atomic E-state index is 9.66. The van der Waals surface area contributed by atoms with Gasteiger partial charge in [-0.2, -0.15) is 19.6 Å². The number of piperidine rings is 2. The number of hydrogen-bond acceptors (Lipinski definition) is 9. The van der Waals surface area contributed by atoms with Crippen molar-refractivity contribution in [2.45, 2.75) is 69.9 Å². The second kappa shape index (κ2) is 12.1. The quantitative estimate of drug-likeness (QED) is 0.262.